The lowest BCUT2D eigenvalue weighted by atomic mass is 9.85. The van der Waals surface area contributed by atoms with Crippen molar-refractivity contribution in [2.45, 2.75) is 24.7 Å². The number of nitrogens with zero attached hydrogens (tertiary/aromatic N) is 1. The third kappa shape index (κ3) is 1.71. The summed E-state index contributed by atoms with van der Waals surface area (Å²) < 4.78 is 6.02. The Morgan fingerprint density at radius 2 is 1.77 bits per heavy atom. The first-order chi connectivity index (χ1) is 12.5. The minimum absolute atomic E-state index is 0.0141. The number of Topliss-reactive ketones (excluding diaryl/α,β-unsaturated/α-hetero) is 1. The van der Waals surface area contributed by atoms with E-state index in [0.717, 1.165) is 11.1 Å². The number of hydrogen-bond donors (Lipinski definition) is 2. The number of rotatable bonds is 0. The summed E-state index contributed by atoms with van der Waals surface area (Å²) in [7, 11) is 0. The molecule has 1 saturated heterocycles. The van der Waals surface area contributed by atoms with Gasteiger partial charge in [0.2, 0.25) is 0 Å². The van der Waals surface area contributed by atoms with Crippen molar-refractivity contribution in [2.75, 3.05) is 0 Å². The molecule has 0 bridgehead atoms. The summed E-state index contributed by atoms with van der Waals surface area (Å²) in [5, 5.41) is 4.13. The van der Waals surface area contributed by atoms with Gasteiger partial charge in [-0.1, -0.05) is 24.3 Å². The third-order valence-electron chi connectivity index (χ3n) is 5.13. The van der Waals surface area contributed by atoms with E-state index >= 15 is 0 Å². The van der Waals surface area contributed by atoms with E-state index in [0.29, 0.717) is 12.1 Å². The maximum Gasteiger partial charge on any atom is 0.328 e. The van der Waals surface area contributed by atoms with Crippen molar-refractivity contribution in [2.24, 2.45) is 0 Å². The lowest BCUT2D eigenvalue weighted by Gasteiger charge is -2.47. The highest BCUT2D eigenvalue weighted by Crippen LogP contribution is 2.49. The first kappa shape index (κ1) is 15.0. The fourth-order valence-electron chi connectivity index (χ4n) is 4.01. The molecule has 3 heterocycles. The Balaban J connectivity index is 1.75. The summed E-state index contributed by atoms with van der Waals surface area (Å²) >= 11 is 0. The number of urea groups is 1. The second kappa shape index (κ2) is 4.89. The number of barbiturate groups is 1. The molecule has 4 amide bonds. The van der Waals surface area contributed by atoms with Crippen LogP contribution in [-0.2, 0) is 19.1 Å². The summed E-state index contributed by atoms with van der Waals surface area (Å²) in [5.41, 5.74) is 0.107. The van der Waals surface area contributed by atoms with E-state index in [2.05, 4.69) is 10.6 Å². The van der Waals surface area contributed by atoms with Crippen molar-refractivity contribution < 1.29 is 23.9 Å². The molecule has 1 atom stereocenters. The Hall–Kier alpha value is -3.26. The molecule has 0 aromatic heterocycles. The molecule has 0 unspecified atom stereocenters. The van der Waals surface area contributed by atoms with Crippen molar-refractivity contribution in [1.29, 1.82) is 0 Å². The number of imide groups is 2. The predicted molar refractivity (Wildman–Crippen MR) is 86.8 cm³/mol. The number of fused-ring (bicyclic) bond motifs is 5. The minimum atomic E-state index is -2.16. The molecule has 8 nitrogen and oxygen atoms in total. The number of ketones is 1. The first-order valence-electron chi connectivity index (χ1n) is 8.19. The van der Waals surface area contributed by atoms with Gasteiger partial charge in [0.25, 0.3) is 17.4 Å². The van der Waals surface area contributed by atoms with E-state index in [1.807, 2.05) is 30.3 Å². The quantitative estimate of drug-likeness (QED) is 0.668. The molecule has 1 aliphatic carbocycles. The summed E-state index contributed by atoms with van der Waals surface area (Å²) in [5.74, 6) is -2.19. The lowest BCUT2D eigenvalue weighted by Crippen LogP contribution is -2.71. The zero-order chi connectivity index (χ0) is 18.1. The average Bonchev–Trinajstić information content (AvgIpc) is 3.02. The first-order valence-corrected chi connectivity index (χ1v) is 8.19. The van der Waals surface area contributed by atoms with Crippen LogP contribution in [0.4, 0.5) is 4.79 Å². The molecule has 1 spiro atoms. The smallest absolute Gasteiger partial charge is 0.323 e. The molecule has 4 aliphatic rings. The Morgan fingerprint density at radius 3 is 2.54 bits per heavy atom. The second-order valence-corrected chi connectivity index (χ2v) is 6.49. The van der Waals surface area contributed by atoms with Crippen LogP contribution in [0.2, 0.25) is 0 Å². The highest BCUT2D eigenvalue weighted by Gasteiger charge is 2.63. The molecular formula is C18H13N3O5. The SMILES string of the molecule is O=C1NC(=O)C2(O[C@H]3c4ccccc4C=CN3C3=C2C(=O)CC3)C(=O)N1. The van der Waals surface area contributed by atoms with Crippen molar-refractivity contribution in [1.82, 2.24) is 15.5 Å². The minimum Gasteiger partial charge on any atom is -0.323 e. The molecule has 1 aromatic rings. The summed E-state index contributed by atoms with van der Waals surface area (Å²) in [4.78, 5) is 51.3. The number of ether oxygens (including phenoxy) is 1. The summed E-state index contributed by atoms with van der Waals surface area (Å²) in [6, 6.07) is 6.53. The molecule has 1 fully saturated rings. The van der Waals surface area contributed by atoms with Gasteiger partial charge in [0.05, 0.1) is 5.57 Å². The molecular weight excluding hydrogens is 338 g/mol. The normalized spacial score (nSPS) is 25.7. The molecule has 5 rings (SSSR count). The van der Waals surface area contributed by atoms with E-state index in [-0.39, 0.29) is 17.8 Å². The van der Waals surface area contributed by atoms with Crippen LogP contribution in [0.3, 0.4) is 0 Å². The van der Waals surface area contributed by atoms with E-state index < -0.39 is 29.7 Å². The lowest BCUT2D eigenvalue weighted by molar-refractivity contribution is -0.179. The van der Waals surface area contributed by atoms with Gasteiger partial charge in [0.15, 0.2) is 12.0 Å². The van der Waals surface area contributed by atoms with Crippen LogP contribution >= 0.6 is 0 Å². The molecule has 1 aromatic carbocycles. The molecule has 130 valence electrons. The average molecular weight is 351 g/mol. The van der Waals surface area contributed by atoms with Crippen LogP contribution in [0.25, 0.3) is 6.08 Å². The molecule has 0 radical (unpaired) electrons. The van der Waals surface area contributed by atoms with Gasteiger partial charge in [-0.2, -0.15) is 0 Å². The number of carbonyl (C=O) groups is 4. The molecule has 2 N–H and O–H groups in total. The highest BCUT2D eigenvalue weighted by molar-refractivity contribution is 6.28. The third-order valence-corrected chi connectivity index (χ3v) is 5.13. The van der Waals surface area contributed by atoms with Gasteiger partial charge in [-0.05, 0) is 18.1 Å². The van der Waals surface area contributed by atoms with Crippen LogP contribution in [0.5, 0.6) is 0 Å². The zero-order valence-corrected chi connectivity index (χ0v) is 13.4. The van der Waals surface area contributed by atoms with E-state index in [1.165, 1.54) is 0 Å². The summed E-state index contributed by atoms with van der Waals surface area (Å²) in [6.07, 6.45) is 3.52. The zero-order valence-electron chi connectivity index (χ0n) is 13.4. The topological polar surface area (TPSA) is 105 Å². The number of hydrogen-bond acceptors (Lipinski definition) is 6. The highest BCUT2D eigenvalue weighted by atomic mass is 16.5. The predicted octanol–water partition coefficient (Wildman–Crippen LogP) is 0.723. The number of carbonyl (C=O) groups excluding carboxylic acids is 4. The van der Waals surface area contributed by atoms with Crippen LogP contribution in [0.15, 0.2) is 41.7 Å². The van der Waals surface area contributed by atoms with Crippen molar-refractivity contribution in [3.63, 3.8) is 0 Å². The molecule has 26 heavy (non-hydrogen) atoms. The van der Waals surface area contributed by atoms with E-state index in [4.69, 9.17) is 4.74 Å². The Labute approximate surface area is 147 Å². The molecule has 8 heteroatoms. The van der Waals surface area contributed by atoms with Crippen molar-refractivity contribution in [3.8, 4) is 0 Å². The maximum absolute atomic E-state index is 12.7. The van der Waals surface area contributed by atoms with Gasteiger partial charge >= 0.3 is 6.03 Å². The maximum atomic E-state index is 12.7. The number of nitrogens with one attached hydrogen (secondary N) is 2. The molecule has 3 aliphatic heterocycles. The van der Waals surface area contributed by atoms with Crippen molar-refractivity contribution in [3.05, 3.63) is 52.9 Å². The number of allylic oxidation sites excluding steroid dienone is 1. The Kier molecular flexibility index (Phi) is 2.83. The number of amides is 4. The summed E-state index contributed by atoms with van der Waals surface area (Å²) in [6.45, 7) is 0. The Morgan fingerprint density at radius 1 is 1.04 bits per heavy atom. The van der Waals surface area contributed by atoms with E-state index in [1.54, 1.807) is 11.1 Å². The van der Waals surface area contributed by atoms with Crippen LogP contribution in [0.1, 0.15) is 30.2 Å². The van der Waals surface area contributed by atoms with E-state index in [9.17, 15) is 19.2 Å². The standard InChI is InChI=1S/C18H13N3O5/c22-12-6-5-11-13(12)18(15(23)19-17(25)20-16(18)24)26-14-10-4-2-1-3-9(10)7-8-21(11)14/h1-4,7-8,14H,5-6H2,(H2,19,20,23,24,25)/t14-/m0/s1. The fourth-order valence-corrected chi connectivity index (χ4v) is 4.01. The largest absolute Gasteiger partial charge is 0.328 e. The van der Waals surface area contributed by atoms with Gasteiger partial charge in [0, 0.05) is 23.9 Å². The van der Waals surface area contributed by atoms with Gasteiger partial charge in [0.1, 0.15) is 0 Å². The monoisotopic (exact) mass is 351 g/mol. The Bertz CT molecular complexity index is 957. The molecule has 0 saturated carbocycles. The fraction of sp³-hybridized carbons (Fsp3) is 0.222. The van der Waals surface area contributed by atoms with Crippen LogP contribution in [0, 0.1) is 0 Å². The van der Waals surface area contributed by atoms with Crippen LogP contribution < -0.4 is 10.6 Å². The van der Waals surface area contributed by atoms with Crippen LogP contribution in [-0.4, -0.2) is 34.1 Å². The van der Waals surface area contributed by atoms with Gasteiger partial charge in [-0.25, -0.2) is 4.79 Å². The van der Waals surface area contributed by atoms with Gasteiger partial charge < -0.3 is 9.64 Å². The second-order valence-electron chi connectivity index (χ2n) is 6.49. The number of benzene rings is 1. The van der Waals surface area contributed by atoms with Gasteiger partial charge in [-0.3, -0.25) is 25.0 Å². The van der Waals surface area contributed by atoms with Crippen molar-refractivity contribution >= 4 is 29.7 Å². The van der Waals surface area contributed by atoms with Gasteiger partial charge in [-0.15, -0.1) is 0 Å².